The number of rotatable bonds is 6. The number of halogens is 3. The molecule has 0 aromatic rings. The molecular formula is C13H21F3N2O6S. The van der Waals surface area contributed by atoms with Crippen LogP contribution >= 0.6 is 0 Å². The molecular weight excluding hydrogens is 369 g/mol. The van der Waals surface area contributed by atoms with Crippen molar-refractivity contribution in [3.05, 3.63) is 0 Å². The molecule has 12 heteroatoms. The lowest BCUT2D eigenvalue weighted by atomic mass is 10.2. The van der Waals surface area contributed by atoms with Gasteiger partial charge < -0.3 is 5.11 Å². The molecule has 1 aliphatic heterocycles. The number of carbonyl (C=O) groups is 3. The summed E-state index contributed by atoms with van der Waals surface area (Å²) in [4.78, 5) is 37.0. The number of unbranched alkanes of at least 4 members (excludes halogenated alkanes) is 1. The van der Waals surface area contributed by atoms with Gasteiger partial charge in [-0.1, -0.05) is 20.3 Å². The van der Waals surface area contributed by atoms with Crippen molar-refractivity contribution in [3.63, 3.8) is 0 Å². The molecule has 8 nitrogen and oxygen atoms in total. The molecule has 4 amide bonds. The van der Waals surface area contributed by atoms with Gasteiger partial charge in [-0.25, -0.2) is 13.2 Å². The van der Waals surface area contributed by atoms with E-state index in [0.29, 0.717) is 16.2 Å². The number of amides is 4. The number of aliphatic hydroxyl groups is 1. The van der Waals surface area contributed by atoms with Gasteiger partial charge in [0, 0.05) is 20.2 Å². The smallest absolute Gasteiger partial charge is 0.400 e. The second-order valence-corrected chi connectivity index (χ2v) is 7.01. The van der Waals surface area contributed by atoms with Crippen molar-refractivity contribution in [1.29, 1.82) is 0 Å². The molecule has 1 unspecified atom stereocenters. The molecule has 1 N–H and O–H groups in total. The highest BCUT2D eigenvalue weighted by Crippen LogP contribution is 2.31. The van der Waals surface area contributed by atoms with Crippen molar-refractivity contribution >= 4 is 27.7 Å². The molecule has 1 aliphatic rings. The number of aliphatic hydroxyl groups excluding tert-OH is 1. The van der Waals surface area contributed by atoms with Crippen LogP contribution in [0, 0.1) is 0 Å². The van der Waals surface area contributed by atoms with E-state index in [-0.39, 0.29) is 25.9 Å². The second kappa shape index (κ2) is 9.13. The van der Waals surface area contributed by atoms with Gasteiger partial charge in [-0.2, -0.15) is 13.2 Å². The minimum atomic E-state index is -6.07. The molecule has 0 aliphatic carbocycles. The Hall–Kier alpha value is -1.69. The predicted octanol–water partition coefficient (Wildman–Crippen LogP) is 0.899. The fourth-order valence-corrected chi connectivity index (χ4v) is 3.13. The van der Waals surface area contributed by atoms with E-state index >= 15 is 0 Å². The van der Waals surface area contributed by atoms with Gasteiger partial charge in [0.05, 0.1) is 0 Å². The maximum absolute atomic E-state index is 12.7. The lowest BCUT2D eigenvalue weighted by molar-refractivity contribution is -0.142. The van der Waals surface area contributed by atoms with Crippen LogP contribution < -0.4 is 0 Å². The third-order valence-electron chi connectivity index (χ3n) is 3.26. The topological polar surface area (TPSA) is 112 Å². The third kappa shape index (κ3) is 4.69. The predicted molar refractivity (Wildman–Crippen MR) is 80.9 cm³/mol. The molecule has 1 atom stereocenters. The van der Waals surface area contributed by atoms with Crippen molar-refractivity contribution in [2.75, 3.05) is 20.2 Å². The van der Waals surface area contributed by atoms with E-state index in [1.54, 1.807) is 13.8 Å². The molecule has 0 spiro atoms. The Kier molecular flexibility index (Phi) is 8.51. The number of hydrogen-bond acceptors (Lipinski definition) is 6. The fraction of sp³-hybridized carbons (Fsp3) is 0.769. The summed E-state index contributed by atoms with van der Waals surface area (Å²) in [6, 6.07) is -1.08. The molecule has 0 bridgehead atoms. The van der Waals surface area contributed by atoms with E-state index in [1.165, 1.54) is 0 Å². The van der Waals surface area contributed by atoms with Gasteiger partial charge in [-0.15, -0.1) is 0 Å². The summed E-state index contributed by atoms with van der Waals surface area (Å²) >= 11 is 0. The molecule has 1 rings (SSSR count). The van der Waals surface area contributed by atoms with Crippen molar-refractivity contribution in [2.45, 2.75) is 43.9 Å². The minimum Gasteiger partial charge on any atom is -0.400 e. The number of sulfone groups is 1. The van der Waals surface area contributed by atoms with Gasteiger partial charge in [0.1, 0.15) is 0 Å². The van der Waals surface area contributed by atoms with Gasteiger partial charge in [-0.05, 0) is 12.8 Å². The van der Waals surface area contributed by atoms with Gasteiger partial charge >= 0.3 is 11.5 Å². The van der Waals surface area contributed by atoms with Gasteiger partial charge in [0.15, 0.2) is 0 Å². The van der Waals surface area contributed by atoms with Crippen LogP contribution in [0.4, 0.5) is 18.0 Å². The molecule has 25 heavy (non-hydrogen) atoms. The Morgan fingerprint density at radius 1 is 0.960 bits per heavy atom. The van der Waals surface area contributed by atoms with Gasteiger partial charge in [0.2, 0.25) is 5.25 Å². The molecule has 0 aromatic carbocycles. The SMILES string of the molecule is CCCCN1C(=O)C(S(=O)(=O)C(F)(F)F)C(=O)N(CCC)C1=O.CO. The maximum atomic E-state index is 12.7. The summed E-state index contributed by atoms with van der Waals surface area (Å²) < 4.78 is 61.4. The van der Waals surface area contributed by atoms with Crippen LogP contribution in [0.25, 0.3) is 0 Å². The number of imide groups is 2. The molecule has 146 valence electrons. The minimum absolute atomic E-state index is 0.214. The Morgan fingerprint density at radius 3 is 1.76 bits per heavy atom. The van der Waals surface area contributed by atoms with Crippen molar-refractivity contribution in [3.8, 4) is 0 Å². The van der Waals surface area contributed by atoms with Gasteiger partial charge in [0.25, 0.3) is 21.7 Å². The van der Waals surface area contributed by atoms with E-state index in [1.807, 2.05) is 0 Å². The number of hydrogen-bond donors (Lipinski definition) is 1. The van der Waals surface area contributed by atoms with E-state index < -0.39 is 38.4 Å². The average Bonchev–Trinajstić information content (AvgIpc) is 2.52. The zero-order valence-corrected chi connectivity index (χ0v) is 14.9. The quantitative estimate of drug-likeness (QED) is 0.675. The first-order chi connectivity index (χ1) is 11.5. The molecule has 1 heterocycles. The average molecular weight is 390 g/mol. The molecule has 1 fully saturated rings. The highest BCUT2D eigenvalue weighted by atomic mass is 32.2. The van der Waals surface area contributed by atoms with Crippen LogP contribution in [-0.2, 0) is 19.4 Å². The zero-order chi connectivity index (χ0) is 20.0. The highest BCUT2D eigenvalue weighted by molar-refractivity contribution is 7.94. The standard InChI is InChI=1S/C12H17F3N2O5S.CH4O/c1-3-5-7-17-10(19)8(23(21,22)12(13,14)15)9(18)16(6-4-2)11(17)20;1-2/h8H,3-7H2,1-2H3;2H,1H3. The Bertz CT molecular complexity index is 605. The number of alkyl halides is 3. The Morgan fingerprint density at radius 2 is 1.40 bits per heavy atom. The summed E-state index contributed by atoms with van der Waals surface area (Å²) in [5, 5.41) is 4.05. The molecule has 1 saturated heterocycles. The van der Waals surface area contributed by atoms with Crippen LogP contribution in [0.3, 0.4) is 0 Å². The number of urea groups is 1. The van der Waals surface area contributed by atoms with Crippen molar-refractivity contribution in [1.82, 2.24) is 9.80 Å². The van der Waals surface area contributed by atoms with Crippen molar-refractivity contribution in [2.24, 2.45) is 0 Å². The lowest BCUT2D eigenvalue weighted by Gasteiger charge is -2.36. The fourth-order valence-electron chi connectivity index (χ4n) is 2.07. The summed E-state index contributed by atoms with van der Waals surface area (Å²) in [5.41, 5.74) is -5.77. The first-order valence-electron chi connectivity index (χ1n) is 7.42. The number of barbiturate groups is 1. The van der Waals surface area contributed by atoms with Crippen LogP contribution in [0.5, 0.6) is 0 Å². The first-order valence-corrected chi connectivity index (χ1v) is 8.96. The van der Waals surface area contributed by atoms with Crippen LogP contribution in [0.1, 0.15) is 33.1 Å². The molecule has 0 saturated carbocycles. The molecule has 0 radical (unpaired) electrons. The number of nitrogens with zero attached hydrogens (tertiary/aromatic N) is 2. The number of carbonyl (C=O) groups excluding carboxylic acids is 3. The summed E-state index contributed by atoms with van der Waals surface area (Å²) in [7, 11) is -5.07. The van der Waals surface area contributed by atoms with Gasteiger partial charge in [-0.3, -0.25) is 19.4 Å². The third-order valence-corrected chi connectivity index (χ3v) is 4.93. The monoisotopic (exact) mass is 390 g/mol. The Labute approximate surface area is 143 Å². The van der Waals surface area contributed by atoms with E-state index in [4.69, 9.17) is 5.11 Å². The first kappa shape index (κ1) is 23.3. The van der Waals surface area contributed by atoms with E-state index in [2.05, 4.69) is 0 Å². The van der Waals surface area contributed by atoms with Crippen molar-refractivity contribution < 1.29 is 41.1 Å². The van der Waals surface area contributed by atoms with Crippen LogP contribution in [-0.4, -0.2) is 72.1 Å². The summed E-state index contributed by atoms with van der Waals surface area (Å²) in [6.07, 6.45) is 1.02. The van der Waals surface area contributed by atoms with Crippen LogP contribution in [0.2, 0.25) is 0 Å². The largest absolute Gasteiger partial charge is 0.498 e. The van der Waals surface area contributed by atoms with E-state index in [0.717, 1.165) is 7.11 Å². The Balaban J connectivity index is 0.00000277. The van der Waals surface area contributed by atoms with Crippen LogP contribution in [0.15, 0.2) is 0 Å². The zero-order valence-electron chi connectivity index (χ0n) is 14.0. The summed E-state index contributed by atoms with van der Waals surface area (Å²) in [5.74, 6) is -3.29. The maximum Gasteiger partial charge on any atom is 0.498 e. The summed E-state index contributed by atoms with van der Waals surface area (Å²) in [6.45, 7) is 2.77. The normalized spacial score (nSPS) is 19.0. The lowest BCUT2D eigenvalue weighted by Crippen LogP contribution is -2.65. The van der Waals surface area contributed by atoms with E-state index in [9.17, 15) is 36.0 Å². The second-order valence-electron chi connectivity index (χ2n) is 4.99. The highest BCUT2D eigenvalue weighted by Gasteiger charge is 2.61. The molecule has 0 aromatic heterocycles.